The first-order valence-electron chi connectivity index (χ1n) is 9.07. The molecule has 0 saturated heterocycles. The third-order valence-electron chi connectivity index (χ3n) is 4.17. The molecule has 1 aromatic carbocycles. The molecule has 1 N–H and O–H groups in total. The summed E-state index contributed by atoms with van der Waals surface area (Å²) in [5, 5.41) is 1.53. The Hall–Kier alpha value is -1.76. The van der Waals surface area contributed by atoms with E-state index < -0.39 is 0 Å². The number of unbranched alkanes of at least 4 members (excludes halogenated alkanes) is 1. The van der Waals surface area contributed by atoms with Crippen molar-refractivity contribution in [2.24, 2.45) is 0 Å². The molecule has 1 atom stereocenters. The lowest BCUT2D eigenvalue weighted by Gasteiger charge is -2.17. The number of pyridine rings is 1. The Labute approximate surface area is 168 Å². The van der Waals surface area contributed by atoms with Gasteiger partial charge in [0.25, 0.3) is 0 Å². The predicted octanol–water partition coefficient (Wildman–Crippen LogP) is 5.75. The molecule has 0 bridgehead atoms. The third-order valence-corrected chi connectivity index (χ3v) is 5.29. The predicted molar refractivity (Wildman–Crippen MR) is 111 cm³/mol. The third kappa shape index (κ3) is 5.37. The summed E-state index contributed by atoms with van der Waals surface area (Å²) in [5.74, 6) is 1.50. The number of halogens is 1. The second-order valence-electron chi connectivity index (χ2n) is 6.28. The summed E-state index contributed by atoms with van der Waals surface area (Å²) >= 11 is 7.63. The van der Waals surface area contributed by atoms with Crippen LogP contribution in [-0.2, 0) is 10.5 Å². The highest BCUT2D eigenvalue weighted by atomic mass is 35.5. The molecule has 5 nitrogen and oxygen atoms in total. The Morgan fingerprint density at radius 3 is 2.96 bits per heavy atom. The van der Waals surface area contributed by atoms with Crippen LogP contribution in [0.1, 0.15) is 37.9 Å². The molecule has 7 heteroatoms. The van der Waals surface area contributed by atoms with E-state index in [2.05, 4.69) is 21.9 Å². The van der Waals surface area contributed by atoms with Gasteiger partial charge in [0.2, 0.25) is 0 Å². The number of rotatable bonds is 9. The second kappa shape index (κ2) is 9.44. The topological polar surface area (TPSA) is 60.0 Å². The summed E-state index contributed by atoms with van der Waals surface area (Å²) in [7, 11) is 0. The Bertz CT molecular complexity index is 900. The van der Waals surface area contributed by atoms with Crippen LogP contribution in [0.5, 0.6) is 5.75 Å². The normalized spacial score (nSPS) is 12.4. The van der Waals surface area contributed by atoms with Gasteiger partial charge in [0.05, 0.1) is 23.3 Å². The first-order chi connectivity index (χ1) is 13.1. The summed E-state index contributed by atoms with van der Waals surface area (Å²) in [4.78, 5) is 12.4. The van der Waals surface area contributed by atoms with E-state index in [0.29, 0.717) is 17.4 Å². The van der Waals surface area contributed by atoms with Crippen molar-refractivity contribution in [3.63, 3.8) is 0 Å². The molecular formula is C20H24ClN3O2S. The van der Waals surface area contributed by atoms with E-state index in [-0.39, 0.29) is 6.29 Å². The second-order valence-corrected chi connectivity index (χ2v) is 7.68. The molecule has 3 rings (SSSR count). The Balaban J connectivity index is 1.64. The van der Waals surface area contributed by atoms with Crippen molar-refractivity contribution in [3.05, 3.63) is 46.7 Å². The van der Waals surface area contributed by atoms with Crippen LogP contribution in [0.15, 0.2) is 35.6 Å². The maximum Gasteiger partial charge on any atom is 0.196 e. The minimum absolute atomic E-state index is 0.279. The van der Waals surface area contributed by atoms with Crippen LogP contribution in [-0.4, -0.2) is 27.8 Å². The van der Waals surface area contributed by atoms with E-state index in [1.807, 2.05) is 38.1 Å². The molecule has 0 fully saturated rings. The molecule has 0 aliphatic carbocycles. The molecule has 2 aromatic heterocycles. The molecule has 3 aromatic rings. The Kier molecular flexibility index (Phi) is 6.99. The van der Waals surface area contributed by atoms with Crippen molar-refractivity contribution < 1.29 is 9.47 Å². The number of H-pyrrole nitrogens is 1. The van der Waals surface area contributed by atoms with E-state index in [1.54, 1.807) is 18.0 Å². The highest BCUT2D eigenvalue weighted by Crippen LogP contribution is 2.28. The molecule has 1 unspecified atom stereocenters. The summed E-state index contributed by atoms with van der Waals surface area (Å²) in [5.41, 5.74) is 3.83. The number of ether oxygens (including phenoxy) is 2. The number of hydrogen-bond donors (Lipinski definition) is 1. The minimum atomic E-state index is -0.279. The van der Waals surface area contributed by atoms with Gasteiger partial charge in [-0.05, 0) is 44.5 Å². The Morgan fingerprint density at radius 1 is 1.30 bits per heavy atom. The molecule has 2 heterocycles. The molecule has 0 amide bonds. The Morgan fingerprint density at radius 2 is 2.15 bits per heavy atom. The number of nitrogens with zero attached hydrogens (tertiary/aromatic N) is 2. The van der Waals surface area contributed by atoms with Crippen molar-refractivity contribution in [3.8, 4) is 5.75 Å². The smallest absolute Gasteiger partial charge is 0.196 e. The van der Waals surface area contributed by atoms with E-state index in [9.17, 15) is 0 Å². The van der Waals surface area contributed by atoms with E-state index in [1.165, 1.54) is 0 Å². The summed E-state index contributed by atoms with van der Waals surface area (Å²) in [6, 6.07) is 7.53. The largest absolute Gasteiger partial charge is 0.465 e. The number of fused-ring (bicyclic) bond motifs is 1. The quantitative estimate of drug-likeness (QED) is 0.279. The van der Waals surface area contributed by atoms with Crippen LogP contribution < -0.4 is 4.74 Å². The van der Waals surface area contributed by atoms with Gasteiger partial charge in [0.1, 0.15) is 5.75 Å². The van der Waals surface area contributed by atoms with Gasteiger partial charge in [-0.15, -0.1) is 0 Å². The molecule has 0 spiro atoms. The molecule has 0 saturated carbocycles. The minimum Gasteiger partial charge on any atom is -0.465 e. The van der Waals surface area contributed by atoms with Crippen molar-refractivity contribution >= 4 is 34.4 Å². The number of aromatic nitrogens is 3. The zero-order chi connectivity index (χ0) is 19.2. The molecule has 144 valence electrons. The van der Waals surface area contributed by atoms with Crippen LogP contribution >= 0.6 is 23.4 Å². The number of benzene rings is 1. The van der Waals surface area contributed by atoms with Gasteiger partial charge in [-0.2, -0.15) is 0 Å². The average molecular weight is 406 g/mol. The first kappa shape index (κ1) is 20.0. The van der Waals surface area contributed by atoms with E-state index in [4.69, 9.17) is 21.1 Å². The van der Waals surface area contributed by atoms with Gasteiger partial charge < -0.3 is 14.5 Å². The van der Waals surface area contributed by atoms with Crippen LogP contribution in [0.25, 0.3) is 11.0 Å². The monoisotopic (exact) mass is 405 g/mol. The maximum atomic E-state index is 6.03. The number of hydrogen-bond acceptors (Lipinski definition) is 5. The van der Waals surface area contributed by atoms with Crippen LogP contribution in [0.4, 0.5) is 0 Å². The standard InChI is InChI=1S/C20H24ClN3O2S/c1-4-5-10-25-14(3)26-19-8-9-22-18(13(19)2)12-27-20-23-16-7-6-15(21)11-17(16)24-20/h6-9,11,14H,4-5,10,12H2,1-3H3,(H,23,24). The van der Waals surface area contributed by atoms with Gasteiger partial charge >= 0.3 is 0 Å². The average Bonchev–Trinajstić information content (AvgIpc) is 3.04. The summed E-state index contributed by atoms with van der Waals surface area (Å²) < 4.78 is 11.6. The highest BCUT2D eigenvalue weighted by molar-refractivity contribution is 7.98. The van der Waals surface area contributed by atoms with Crippen molar-refractivity contribution in [2.45, 2.75) is 50.8 Å². The van der Waals surface area contributed by atoms with Crippen molar-refractivity contribution in [1.29, 1.82) is 0 Å². The van der Waals surface area contributed by atoms with E-state index >= 15 is 0 Å². The maximum absolute atomic E-state index is 6.03. The fourth-order valence-corrected chi connectivity index (χ4v) is 3.68. The summed E-state index contributed by atoms with van der Waals surface area (Å²) in [6.07, 6.45) is 3.64. The lowest BCUT2D eigenvalue weighted by molar-refractivity contribution is -0.0677. The number of nitrogens with one attached hydrogen (secondary N) is 1. The van der Waals surface area contributed by atoms with Gasteiger partial charge in [-0.25, -0.2) is 4.98 Å². The highest BCUT2D eigenvalue weighted by Gasteiger charge is 2.12. The molecule has 0 aliphatic heterocycles. The van der Waals surface area contributed by atoms with Gasteiger partial charge in [0, 0.05) is 22.5 Å². The molecule has 0 radical (unpaired) electrons. The van der Waals surface area contributed by atoms with Crippen LogP contribution in [0, 0.1) is 6.92 Å². The molecule has 0 aliphatic rings. The lowest BCUT2D eigenvalue weighted by Crippen LogP contribution is -2.17. The van der Waals surface area contributed by atoms with Gasteiger partial charge in [-0.1, -0.05) is 36.7 Å². The van der Waals surface area contributed by atoms with E-state index in [0.717, 1.165) is 46.0 Å². The zero-order valence-electron chi connectivity index (χ0n) is 15.8. The SMILES string of the molecule is CCCCOC(C)Oc1ccnc(CSc2nc3cc(Cl)ccc3[nH]2)c1C. The lowest BCUT2D eigenvalue weighted by atomic mass is 10.2. The van der Waals surface area contributed by atoms with Crippen molar-refractivity contribution in [2.75, 3.05) is 6.61 Å². The first-order valence-corrected chi connectivity index (χ1v) is 10.4. The molecule has 27 heavy (non-hydrogen) atoms. The van der Waals surface area contributed by atoms with Crippen molar-refractivity contribution in [1.82, 2.24) is 15.0 Å². The number of imidazole rings is 1. The fraction of sp³-hybridized carbons (Fsp3) is 0.400. The van der Waals surface area contributed by atoms with Gasteiger partial charge in [0.15, 0.2) is 11.4 Å². The molecular weight excluding hydrogens is 382 g/mol. The zero-order valence-corrected chi connectivity index (χ0v) is 17.4. The van der Waals surface area contributed by atoms with Gasteiger partial charge in [-0.3, -0.25) is 4.98 Å². The number of aromatic amines is 1. The fourth-order valence-electron chi connectivity index (χ4n) is 2.60. The number of thioether (sulfide) groups is 1. The van der Waals surface area contributed by atoms with Crippen LogP contribution in [0.3, 0.4) is 0 Å². The summed E-state index contributed by atoms with van der Waals surface area (Å²) in [6.45, 7) is 6.79. The van der Waals surface area contributed by atoms with Crippen LogP contribution in [0.2, 0.25) is 5.02 Å².